The van der Waals surface area contributed by atoms with Gasteiger partial charge in [0.2, 0.25) is 0 Å². The zero-order valence-corrected chi connectivity index (χ0v) is 13.8. The summed E-state index contributed by atoms with van der Waals surface area (Å²) in [6, 6.07) is 4.78. The van der Waals surface area contributed by atoms with Crippen LogP contribution in [0.4, 0.5) is 4.39 Å². The van der Waals surface area contributed by atoms with Gasteiger partial charge in [-0.3, -0.25) is 4.68 Å². The SMILES string of the molecule is CCc1nn(CC)c(COc2ccc(CN)cc2F)c1Br. The number of hydrogen-bond acceptors (Lipinski definition) is 3. The molecule has 0 unspecified atom stereocenters. The molecule has 0 radical (unpaired) electrons. The fraction of sp³-hybridized carbons (Fsp3) is 0.400. The van der Waals surface area contributed by atoms with Crippen LogP contribution >= 0.6 is 15.9 Å². The highest BCUT2D eigenvalue weighted by atomic mass is 79.9. The topological polar surface area (TPSA) is 53.1 Å². The summed E-state index contributed by atoms with van der Waals surface area (Å²) < 4.78 is 22.3. The molecule has 0 saturated heterocycles. The zero-order chi connectivity index (χ0) is 15.4. The molecule has 0 spiro atoms. The third-order valence-electron chi connectivity index (χ3n) is 3.29. The average Bonchev–Trinajstić information content (AvgIpc) is 2.81. The Morgan fingerprint density at radius 2 is 2.14 bits per heavy atom. The van der Waals surface area contributed by atoms with E-state index >= 15 is 0 Å². The largest absolute Gasteiger partial charge is 0.484 e. The molecule has 0 atom stereocenters. The first-order valence-electron chi connectivity index (χ1n) is 6.96. The van der Waals surface area contributed by atoms with E-state index in [9.17, 15) is 4.39 Å². The van der Waals surface area contributed by atoms with Crippen molar-refractivity contribution in [2.24, 2.45) is 5.73 Å². The second-order valence-corrected chi connectivity index (χ2v) is 5.43. The van der Waals surface area contributed by atoms with E-state index in [4.69, 9.17) is 10.5 Å². The van der Waals surface area contributed by atoms with E-state index in [1.807, 2.05) is 18.5 Å². The van der Waals surface area contributed by atoms with Crippen LogP contribution in [-0.2, 0) is 26.1 Å². The van der Waals surface area contributed by atoms with Gasteiger partial charge < -0.3 is 10.5 Å². The van der Waals surface area contributed by atoms with Gasteiger partial charge in [-0.05, 0) is 47.0 Å². The Morgan fingerprint density at radius 1 is 1.38 bits per heavy atom. The molecule has 2 aromatic rings. The van der Waals surface area contributed by atoms with E-state index in [1.54, 1.807) is 12.1 Å². The van der Waals surface area contributed by atoms with E-state index in [0.29, 0.717) is 6.54 Å². The summed E-state index contributed by atoms with van der Waals surface area (Å²) in [5.41, 5.74) is 8.12. The number of aromatic nitrogens is 2. The van der Waals surface area contributed by atoms with E-state index in [2.05, 4.69) is 21.0 Å². The van der Waals surface area contributed by atoms with Gasteiger partial charge in [0.05, 0.1) is 15.9 Å². The number of halogens is 2. The van der Waals surface area contributed by atoms with Gasteiger partial charge in [0.25, 0.3) is 0 Å². The van der Waals surface area contributed by atoms with Gasteiger partial charge in [-0.1, -0.05) is 13.0 Å². The molecule has 21 heavy (non-hydrogen) atoms. The van der Waals surface area contributed by atoms with Crippen LogP contribution in [0, 0.1) is 5.82 Å². The van der Waals surface area contributed by atoms with Crippen molar-refractivity contribution >= 4 is 15.9 Å². The maximum atomic E-state index is 13.9. The van der Waals surface area contributed by atoms with Crippen LogP contribution in [0.25, 0.3) is 0 Å². The lowest BCUT2D eigenvalue weighted by Crippen LogP contribution is -2.07. The molecule has 6 heteroatoms. The fourth-order valence-corrected chi connectivity index (χ4v) is 2.77. The highest BCUT2D eigenvalue weighted by Crippen LogP contribution is 2.25. The first kappa shape index (κ1) is 16.0. The molecule has 0 saturated carbocycles. The Hall–Kier alpha value is -1.40. The number of hydrogen-bond donors (Lipinski definition) is 1. The highest BCUT2D eigenvalue weighted by Gasteiger charge is 2.15. The van der Waals surface area contributed by atoms with Crippen molar-refractivity contribution in [3.05, 3.63) is 45.4 Å². The van der Waals surface area contributed by atoms with Gasteiger partial charge in [-0.15, -0.1) is 0 Å². The lowest BCUT2D eigenvalue weighted by molar-refractivity contribution is 0.277. The zero-order valence-electron chi connectivity index (χ0n) is 12.2. The quantitative estimate of drug-likeness (QED) is 0.863. The summed E-state index contributed by atoms with van der Waals surface area (Å²) in [4.78, 5) is 0. The minimum absolute atomic E-state index is 0.223. The van der Waals surface area contributed by atoms with Crippen molar-refractivity contribution in [1.29, 1.82) is 0 Å². The molecule has 2 N–H and O–H groups in total. The van der Waals surface area contributed by atoms with Crippen LogP contribution in [0.1, 0.15) is 30.8 Å². The molecule has 0 fully saturated rings. The number of rotatable bonds is 6. The Kier molecular flexibility index (Phi) is 5.36. The lowest BCUT2D eigenvalue weighted by atomic mass is 10.2. The molecule has 114 valence electrons. The number of aryl methyl sites for hydroxylation is 2. The summed E-state index contributed by atoms with van der Waals surface area (Å²) in [5.74, 6) is -0.173. The third-order valence-corrected chi connectivity index (χ3v) is 4.21. The molecule has 0 bridgehead atoms. The molecule has 0 aliphatic rings. The second-order valence-electron chi connectivity index (χ2n) is 4.63. The molecule has 0 amide bonds. The van der Waals surface area contributed by atoms with Crippen molar-refractivity contribution in [3.63, 3.8) is 0 Å². The third kappa shape index (κ3) is 3.44. The lowest BCUT2D eigenvalue weighted by Gasteiger charge is -2.10. The van der Waals surface area contributed by atoms with E-state index in [0.717, 1.165) is 34.4 Å². The van der Waals surface area contributed by atoms with Crippen LogP contribution < -0.4 is 10.5 Å². The Balaban J connectivity index is 2.18. The predicted molar refractivity (Wildman–Crippen MR) is 83.6 cm³/mol. The minimum Gasteiger partial charge on any atom is -0.484 e. The Morgan fingerprint density at radius 3 is 2.71 bits per heavy atom. The van der Waals surface area contributed by atoms with E-state index in [1.165, 1.54) is 6.07 Å². The van der Waals surface area contributed by atoms with Crippen LogP contribution in [0.15, 0.2) is 22.7 Å². The average molecular weight is 356 g/mol. The standard InChI is InChI=1S/C15H19BrFN3O/c1-3-12-15(16)13(20(4-2)19-12)9-21-14-6-5-10(8-18)7-11(14)17/h5-7H,3-4,8-9,18H2,1-2H3. The van der Waals surface area contributed by atoms with Crippen molar-refractivity contribution in [2.75, 3.05) is 0 Å². The molecule has 2 rings (SSSR count). The molecule has 0 aliphatic carbocycles. The number of nitrogens with zero attached hydrogens (tertiary/aromatic N) is 2. The minimum atomic E-state index is -0.396. The molecular weight excluding hydrogens is 337 g/mol. The molecular formula is C15H19BrFN3O. The van der Waals surface area contributed by atoms with Crippen LogP contribution in [-0.4, -0.2) is 9.78 Å². The summed E-state index contributed by atoms with van der Waals surface area (Å²) in [6.07, 6.45) is 0.833. The van der Waals surface area contributed by atoms with Gasteiger partial charge in [0.15, 0.2) is 11.6 Å². The van der Waals surface area contributed by atoms with Gasteiger partial charge in [0, 0.05) is 13.1 Å². The Labute approximate surface area is 132 Å². The van der Waals surface area contributed by atoms with Crippen molar-refractivity contribution in [3.8, 4) is 5.75 Å². The fourth-order valence-electron chi connectivity index (χ4n) is 2.09. The van der Waals surface area contributed by atoms with Crippen molar-refractivity contribution in [1.82, 2.24) is 9.78 Å². The van der Waals surface area contributed by atoms with Crippen LogP contribution in [0.3, 0.4) is 0 Å². The smallest absolute Gasteiger partial charge is 0.165 e. The van der Waals surface area contributed by atoms with Gasteiger partial charge in [-0.2, -0.15) is 5.10 Å². The predicted octanol–water partition coefficient (Wildman–Crippen LogP) is 3.40. The molecule has 4 nitrogen and oxygen atoms in total. The van der Waals surface area contributed by atoms with Gasteiger partial charge in [0.1, 0.15) is 6.61 Å². The van der Waals surface area contributed by atoms with E-state index in [-0.39, 0.29) is 12.4 Å². The van der Waals surface area contributed by atoms with Crippen molar-refractivity contribution < 1.29 is 9.13 Å². The van der Waals surface area contributed by atoms with Crippen LogP contribution in [0.2, 0.25) is 0 Å². The molecule has 1 aromatic carbocycles. The summed E-state index contributed by atoms with van der Waals surface area (Å²) in [5, 5.41) is 4.49. The maximum Gasteiger partial charge on any atom is 0.165 e. The maximum absolute atomic E-state index is 13.9. The van der Waals surface area contributed by atoms with Crippen LogP contribution in [0.5, 0.6) is 5.75 Å². The number of nitrogens with two attached hydrogens (primary N) is 1. The number of ether oxygens (including phenoxy) is 1. The first-order valence-corrected chi connectivity index (χ1v) is 7.75. The van der Waals surface area contributed by atoms with Gasteiger partial charge >= 0.3 is 0 Å². The van der Waals surface area contributed by atoms with E-state index < -0.39 is 5.82 Å². The second kappa shape index (κ2) is 7.04. The summed E-state index contributed by atoms with van der Waals surface area (Å²) in [6.45, 7) is 5.37. The monoisotopic (exact) mass is 355 g/mol. The summed E-state index contributed by atoms with van der Waals surface area (Å²) in [7, 11) is 0. The summed E-state index contributed by atoms with van der Waals surface area (Å²) >= 11 is 3.54. The normalized spacial score (nSPS) is 10.9. The number of benzene rings is 1. The Bertz CT molecular complexity index is 628. The molecule has 1 heterocycles. The molecule has 1 aromatic heterocycles. The molecule has 0 aliphatic heterocycles. The van der Waals surface area contributed by atoms with Gasteiger partial charge in [-0.25, -0.2) is 4.39 Å². The first-order chi connectivity index (χ1) is 10.1. The highest BCUT2D eigenvalue weighted by molar-refractivity contribution is 9.10. The van der Waals surface area contributed by atoms with Crippen molar-refractivity contribution in [2.45, 2.75) is 40.0 Å².